The van der Waals surface area contributed by atoms with Crippen LogP contribution in [0.15, 0.2) is 21.9 Å². The fraction of sp³-hybridized carbons (Fsp3) is 0.688. The molecule has 2 fully saturated rings. The molecule has 0 spiro atoms. The number of nitrogens with one attached hydrogen (secondary N) is 1. The number of carbonyl (C=O) groups excluding carboxylic acids is 1. The van der Waals surface area contributed by atoms with Crippen molar-refractivity contribution in [3.05, 3.63) is 33.1 Å². The predicted molar refractivity (Wildman–Crippen MR) is 83.6 cm³/mol. The molecule has 2 unspecified atom stereocenters. The Bertz CT molecular complexity index is 718. The molecule has 0 aromatic carbocycles. The molecule has 1 aliphatic heterocycles. The van der Waals surface area contributed by atoms with Gasteiger partial charge in [0.05, 0.1) is 12.2 Å². The quantitative estimate of drug-likeness (QED) is 0.767. The highest BCUT2D eigenvalue weighted by Gasteiger charge is 2.53. The topological polar surface area (TPSA) is 99.6 Å². The summed E-state index contributed by atoms with van der Waals surface area (Å²) >= 11 is 0. The largest absolute Gasteiger partial charge is 0.461 e. The maximum Gasteiger partial charge on any atom is 0.338 e. The van der Waals surface area contributed by atoms with Crippen molar-refractivity contribution >= 4 is 5.97 Å². The number of carbonyl (C=O) groups is 1. The summed E-state index contributed by atoms with van der Waals surface area (Å²) in [6, 6.07) is 1.28. The maximum absolute atomic E-state index is 12.2. The number of nitrogens with zero attached hydrogens (tertiary/aromatic N) is 1. The Morgan fingerprint density at radius 3 is 2.79 bits per heavy atom. The van der Waals surface area contributed by atoms with Gasteiger partial charge in [-0.15, -0.1) is 0 Å². The Morgan fingerprint density at radius 1 is 1.42 bits per heavy atom. The van der Waals surface area contributed by atoms with Crippen LogP contribution in [-0.4, -0.2) is 39.9 Å². The minimum absolute atomic E-state index is 0.0285. The van der Waals surface area contributed by atoms with E-state index in [1.165, 1.54) is 16.8 Å². The Labute approximate surface area is 138 Å². The first-order valence-electron chi connectivity index (χ1n) is 8.21. The second kappa shape index (κ2) is 6.52. The van der Waals surface area contributed by atoms with Crippen LogP contribution in [-0.2, 0) is 19.0 Å². The molecule has 1 N–H and O–H groups in total. The number of hydrogen-bond donors (Lipinski definition) is 1. The van der Waals surface area contributed by atoms with Crippen LogP contribution in [0.2, 0.25) is 0 Å². The second-order valence-electron chi connectivity index (χ2n) is 6.57. The minimum atomic E-state index is -0.776. The molecule has 2 aliphatic rings. The van der Waals surface area contributed by atoms with Gasteiger partial charge in [-0.25, -0.2) is 9.59 Å². The van der Waals surface area contributed by atoms with E-state index < -0.39 is 23.1 Å². The standard InChI is InChI=1S/C16H22N2O6/c1-10(2)24-16(6-7-16)14(20)22-9-11-3-4-13(23-11)18-8-5-12(19)17-15(18)21/h5,8,10-11,13H,3-4,6-7,9H2,1-2H3,(H,17,19,21). The van der Waals surface area contributed by atoms with Gasteiger partial charge < -0.3 is 14.2 Å². The summed E-state index contributed by atoms with van der Waals surface area (Å²) in [6.07, 6.45) is 3.31. The van der Waals surface area contributed by atoms with Crippen molar-refractivity contribution in [2.45, 2.75) is 63.6 Å². The molecule has 2 atom stereocenters. The van der Waals surface area contributed by atoms with E-state index in [9.17, 15) is 14.4 Å². The SMILES string of the molecule is CC(C)OC1(C(=O)OCC2CCC(n3ccc(=O)[nH]c3=O)O2)CC1. The lowest BCUT2D eigenvalue weighted by Gasteiger charge is -2.20. The molecular weight excluding hydrogens is 316 g/mol. The van der Waals surface area contributed by atoms with E-state index >= 15 is 0 Å². The summed E-state index contributed by atoms with van der Waals surface area (Å²) < 4.78 is 18.1. The van der Waals surface area contributed by atoms with Gasteiger partial charge in [0.15, 0.2) is 5.60 Å². The van der Waals surface area contributed by atoms with Gasteiger partial charge in [-0.1, -0.05) is 0 Å². The molecule has 0 bridgehead atoms. The molecule has 1 saturated carbocycles. The number of aromatic amines is 1. The fourth-order valence-electron chi connectivity index (χ4n) is 2.90. The van der Waals surface area contributed by atoms with E-state index in [2.05, 4.69) is 4.98 Å². The lowest BCUT2D eigenvalue weighted by Crippen LogP contribution is -2.34. The fourth-order valence-corrected chi connectivity index (χ4v) is 2.90. The van der Waals surface area contributed by atoms with E-state index in [0.717, 1.165) is 0 Å². The molecule has 8 heteroatoms. The summed E-state index contributed by atoms with van der Waals surface area (Å²) in [5, 5.41) is 0. The highest BCUT2D eigenvalue weighted by molar-refractivity contribution is 5.82. The molecule has 1 aromatic heterocycles. The van der Waals surface area contributed by atoms with Gasteiger partial charge in [0.2, 0.25) is 0 Å². The Balaban J connectivity index is 1.52. The van der Waals surface area contributed by atoms with Gasteiger partial charge in [-0.3, -0.25) is 14.3 Å². The van der Waals surface area contributed by atoms with Gasteiger partial charge in [-0.2, -0.15) is 0 Å². The molecule has 8 nitrogen and oxygen atoms in total. The normalized spacial score (nSPS) is 25.0. The molecule has 3 rings (SSSR count). The third-order valence-corrected chi connectivity index (χ3v) is 4.18. The highest BCUT2D eigenvalue weighted by Crippen LogP contribution is 2.42. The minimum Gasteiger partial charge on any atom is -0.461 e. The summed E-state index contributed by atoms with van der Waals surface area (Å²) in [5.41, 5.74) is -1.73. The van der Waals surface area contributed by atoms with Gasteiger partial charge in [0.1, 0.15) is 12.8 Å². The van der Waals surface area contributed by atoms with E-state index in [0.29, 0.717) is 25.7 Å². The molecule has 0 amide bonds. The Kier molecular flexibility index (Phi) is 4.60. The molecule has 1 saturated heterocycles. The monoisotopic (exact) mass is 338 g/mol. The van der Waals surface area contributed by atoms with Gasteiger partial charge >= 0.3 is 11.7 Å². The van der Waals surface area contributed by atoms with Crippen molar-refractivity contribution in [3.8, 4) is 0 Å². The average molecular weight is 338 g/mol. The number of rotatable bonds is 6. The van der Waals surface area contributed by atoms with Crippen LogP contribution in [0, 0.1) is 0 Å². The van der Waals surface area contributed by atoms with Crippen LogP contribution < -0.4 is 11.2 Å². The smallest absolute Gasteiger partial charge is 0.338 e. The predicted octanol–water partition coefficient (Wildman–Crippen LogP) is 0.715. The number of esters is 1. The van der Waals surface area contributed by atoms with Crippen molar-refractivity contribution in [3.63, 3.8) is 0 Å². The van der Waals surface area contributed by atoms with Crippen LogP contribution in [0.4, 0.5) is 0 Å². The lowest BCUT2D eigenvalue weighted by atomic mass is 10.2. The molecule has 2 heterocycles. The molecule has 132 valence electrons. The summed E-state index contributed by atoms with van der Waals surface area (Å²) in [6.45, 7) is 3.91. The summed E-state index contributed by atoms with van der Waals surface area (Å²) in [7, 11) is 0. The van der Waals surface area contributed by atoms with Crippen molar-refractivity contribution in [1.29, 1.82) is 0 Å². The van der Waals surface area contributed by atoms with Gasteiger partial charge in [-0.05, 0) is 39.5 Å². The summed E-state index contributed by atoms with van der Waals surface area (Å²) in [4.78, 5) is 37.2. The van der Waals surface area contributed by atoms with Gasteiger partial charge in [0, 0.05) is 12.3 Å². The number of hydrogen-bond acceptors (Lipinski definition) is 6. The van der Waals surface area contributed by atoms with E-state index in [1.54, 1.807) is 0 Å². The van der Waals surface area contributed by atoms with Gasteiger partial charge in [0.25, 0.3) is 5.56 Å². The zero-order chi connectivity index (χ0) is 17.3. The van der Waals surface area contributed by atoms with Crippen LogP contribution in [0.1, 0.15) is 45.8 Å². The third kappa shape index (κ3) is 3.59. The third-order valence-electron chi connectivity index (χ3n) is 4.18. The first kappa shape index (κ1) is 16.9. The Hall–Kier alpha value is -1.93. The molecule has 24 heavy (non-hydrogen) atoms. The van der Waals surface area contributed by atoms with Crippen LogP contribution in [0.3, 0.4) is 0 Å². The molecular formula is C16H22N2O6. The van der Waals surface area contributed by atoms with Crippen molar-refractivity contribution in [2.24, 2.45) is 0 Å². The summed E-state index contributed by atoms with van der Waals surface area (Å²) in [5.74, 6) is -0.343. The zero-order valence-corrected chi connectivity index (χ0v) is 13.8. The Morgan fingerprint density at radius 2 is 2.17 bits per heavy atom. The number of ether oxygens (including phenoxy) is 3. The van der Waals surface area contributed by atoms with Crippen molar-refractivity contribution < 1.29 is 19.0 Å². The maximum atomic E-state index is 12.2. The lowest BCUT2D eigenvalue weighted by molar-refractivity contribution is -0.168. The number of aromatic nitrogens is 2. The second-order valence-corrected chi connectivity index (χ2v) is 6.57. The van der Waals surface area contributed by atoms with E-state index in [1.807, 2.05) is 13.8 Å². The molecule has 1 aromatic rings. The average Bonchev–Trinajstić information content (AvgIpc) is 3.13. The van der Waals surface area contributed by atoms with Crippen LogP contribution in [0.25, 0.3) is 0 Å². The van der Waals surface area contributed by atoms with E-state index in [4.69, 9.17) is 14.2 Å². The number of H-pyrrole nitrogens is 1. The van der Waals surface area contributed by atoms with Crippen molar-refractivity contribution in [1.82, 2.24) is 9.55 Å². The first-order valence-corrected chi connectivity index (χ1v) is 8.21. The van der Waals surface area contributed by atoms with Crippen LogP contribution >= 0.6 is 0 Å². The molecule has 0 radical (unpaired) electrons. The first-order chi connectivity index (χ1) is 11.4. The highest BCUT2D eigenvalue weighted by atomic mass is 16.6. The van der Waals surface area contributed by atoms with Crippen molar-refractivity contribution in [2.75, 3.05) is 6.61 Å². The molecule has 1 aliphatic carbocycles. The van der Waals surface area contributed by atoms with Crippen LogP contribution in [0.5, 0.6) is 0 Å². The van der Waals surface area contributed by atoms with E-state index in [-0.39, 0.29) is 24.8 Å². The zero-order valence-electron chi connectivity index (χ0n) is 13.8.